The molecule has 1 saturated heterocycles. The summed E-state index contributed by atoms with van der Waals surface area (Å²) in [5, 5.41) is 8.72. The van der Waals surface area contributed by atoms with Gasteiger partial charge in [0.25, 0.3) is 0 Å². The predicted molar refractivity (Wildman–Crippen MR) is 112 cm³/mol. The van der Waals surface area contributed by atoms with Crippen molar-refractivity contribution in [2.45, 2.75) is 25.8 Å². The minimum absolute atomic E-state index is 0.187. The number of halogens is 3. The molecule has 0 aliphatic carbocycles. The molecule has 0 saturated carbocycles. The average molecular weight is 445 g/mol. The van der Waals surface area contributed by atoms with Gasteiger partial charge >= 0.3 is 0 Å². The molecule has 1 N–H and O–H groups in total. The second-order valence-electron chi connectivity index (χ2n) is 7.41. The first-order valence-corrected chi connectivity index (χ1v) is 10.6. The Morgan fingerprint density at radius 2 is 1.84 bits per heavy atom. The van der Waals surface area contributed by atoms with Crippen LogP contribution in [0.2, 0.25) is 0 Å². The number of aromatic nitrogens is 5. The van der Waals surface area contributed by atoms with Crippen LogP contribution in [0.15, 0.2) is 30.5 Å². The Labute approximate surface area is 179 Å². The second kappa shape index (κ2) is 7.80. The zero-order chi connectivity index (χ0) is 21.5. The van der Waals surface area contributed by atoms with E-state index in [2.05, 4.69) is 29.7 Å². The predicted octanol–water partition coefficient (Wildman–Crippen LogP) is 4.05. The van der Waals surface area contributed by atoms with E-state index in [0.717, 1.165) is 49.0 Å². The number of pyridine rings is 1. The zero-order valence-corrected chi connectivity index (χ0v) is 17.3. The van der Waals surface area contributed by atoms with E-state index >= 15 is 0 Å². The number of rotatable bonds is 4. The summed E-state index contributed by atoms with van der Waals surface area (Å²) >= 11 is 1.41. The van der Waals surface area contributed by atoms with Crippen molar-refractivity contribution >= 4 is 28.3 Å². The molecule has 1 aliphatic heterocycles. The normalized spacial score (nSPS) is 15.0. The van der Waals surface area contributed by atoms with Crippen LogP contribution in [0.5, 0.6) is 0 Å². The molecule has 0 amide bonds. The number of nitrogens with zero attached hydrogens (tertiary/aromatic N) is 6. The van der Waals surface area contributed by atoms with Crippen LogP contribution < -0.4 is 10.2 Å². The fourth-order valence-electron chi connectivity index (χ4n) is 3.72. The maximum atomic E-state index is 13.7. The van der Waals surface area contributed by atoms with Crippen LogP contribution in [0.4, 0.5) is 24.3 Å². The highest BCUT2D eigenvalue weighted by Gasteiger charge is 2.23. The summed E-state index contributed by atoms with van der Waals surface area (Å²) in [6.45, 7) is 3.57. The molecule has 5 rings (SSSR count). The number of anilines is 2. The van der Waals surface area contributed by atoms with Gasteiger partial charge in [0.2, 0.25) is 11.1 Å². The van der Waals surface area contributed by atoms with E-state index < -0.39 is 17.5 Å². The monoisotopic (exact) mass is 445 g/mol. The molecule has 0 radical (unpaired) electrons. The number of nitrogens with one attached hydrogen (secondary N) is 1. The Morgan fingerprint density at radius 1 is 1.10 bits per heavy atom. The molecule has 11 heteroatoms. The molecule has 160 valence electrons. The molecule has 0 bridgehead atoms. The number of hydrogen-bond donors (Lipinski definition) is 1. The molecule has 0 atom stereocenters. The summed E-state index contributed by atoms with van der Waals surface area (Å²) in [5.74, 6) is -2.76. The number of fused-ring (bicyclic) bond motifs is 1. The largest absolute Gasteiger partial charge is 0.350 e. The first kappa shape index (κ1) is 19.7. The first-order valence-electron chi connectivity index (χ1n) is 9.80. The van der Waals surface area contributed by atoms with Crippen molar-refractivity contribution in [2.75, 3.05) is 23.3 Å². The van der Waals surface area contributed by atoms with E-state index in [-0.39, 0.29) is 11.6 Å². The van der Waals surface area contributed by atoms with Crippen molar-refractivity contribution in [3.05, 3.63) is 53.7 Å². The smallest absolute Gasteiger partial charge is 0.243 e. The van der Waals surface area contributed by atoms with Crippen LogP contribution in [-0.2, 0) is 0 Å². The molecule has 7 nitrogen and oxygen atoms in total. The van der Waals surface area contributed by atoms with E-state index in [4.69, 9.17) is 0 Å². The van der Waals surface area contributed by atoms with Crippen LogP contribution in [0.25, 0.3) is 16.8 Å². The van der Waals surface area contributed by atoms with Crippen LogP contribution in [0.1, 0.15) is 18.7 Å². The van der Waals surface area contributed by atoms with Crippen molar-refractivity contribution in [3.63, 3.8) is 0 Å². The summed E-state index contributed by atoms with van der Waals surface area (Å²) < 4.78 is 46.5. The minimum atomic E-state index is -1.49. The molecule has 1 aromatic carbocycles. The highest BCUT2D eigenvalue weighted by Crippen LogP contribution is 2.28. The van der Waals surface area contributed by atoms with E-state index in [0.29, 0.717) is 17.2 Å². The molecule has 1 aliphatic rings. The maximum absolute atomic E-state index is 13.7. The molecule has 3 aromatic heterocycles. The van der Waals surface area contributed by atoms with Gasteiger partial charge in [-0.3, -0.25) is 0 Å². The highest BCUT2D eigenvalue weighted by atomic mass is 32.1. The van der Waals surface area contributed by atoms with E-state index in [1.807, 2.05) is 6.92 Å². The fourth-order valence-corrected chi connectivity index (χ4v) is 4.44. The van der Waals surface area contributed by atoms with Gasteiger partial charge in [-0.05, 0) is 49.6 Å². The van der Waals surface area contributed by atoms with Crippen LogP contribution in [0, 0.1) is 24.4 Å². The number of piperidine rings is 1. The van der Waals surface area contributed by atoms with E-state index in [9.17, 15) is 13.2 Å². The minimum Gasteiger partial charge on any atom is -0.350 e. The molecule has 31 heavy (non-hydrogen) atoms. The first-order chi connectivity index (χ1) is 15.0. The third-order valence-corrected chi connectivity index (χ3v) is 6.14. The Hall–Kier alpha value is -3.21. The van der Waals surface area contributed by atoms with Gasteiger partial charge in [-0.25, -0.2) is 22.7 Å². The van der Waals surface area contributed by atoms with Crippen molar-refractivity contribution in [3.8, 4) is 11.1 Å². The van der Waals surface area contributed by atoms with Gasteiger partial charge in [-0.15, -0.1) is 5.10 Å². The molecule has 4 aromatic rings. The van der Waals surface area contributed by atoms with Crippen LogP contribution in [-0.4, -0.2) is 43.1 Å². The van der Waals surface area contributed by atoms with Crippen molar-refractivity contribution in [1.29, 1.82) is 0 Å². The topological polar surface area (TPSA) is 71.2 Å². The van der Waals surface area contributed by atoms with Gasteiger partial charge in [-0.2, -0.15) is 9.36 Å². The Kier molecular flexibility index (Phi) is 4.97. The van der Waals surface area contributed by atoms with Crippen molar-refractivity contribution < 1.29 is 13.2 Å². The maximum Gasteiger partial charge on any atom is 0.243 e. The fraction of sp³-hybridized carbons (Fsp3) is 0.300. The van der Waals surface area contributed by atoms with Gasteiger partial charge in [0.1, 0.15) is 5.82 Å². The second-order valence-corrected chi connectivity index (χ2v) is 8.14. The lowest BCUT2D eigenvalue weighted by Crippen LogP contribution is -2.39. The number of benzene rings is 1. The number of hydrogen-bond acceptors (Lipinski definition) is 7. The Morgan fingerprint density at radius 3 is 2.52 bits per heavy atom. The number of aryl methyl sites for hydroxylation is 1. The zero-order valence-electron chi connectivity index (χ0n) is 16.5. The Bertz CT molecular complexity index is 1220. The summed E-state index contributed by atoms with van der Waals surface area (Å²) in [6.07, 6.45) is 3.47. The van der Waals surface area contributed by atoms with E-state index in [1.165, 1.54) is 16.0 Å². The quantitative estimate of drug-likeness (QED) is 0.478. The third kappa shape index (κ3) is 3.80. The summed E-state index contributed by atoms with van der Waals surface area (Å²) in [5.41, 5.74) is 1.08. The van der Waals surface area contributed by atoms with Gasteiger partial charge in [0, 0.05) is 42.4 Å². The van der Waals surface area contributed by atoms with Crippen molar-refractivity contribution in [1.82, 2.24) is 24.0 Å². The molecular formula is C20H18F3N7S. The van der Waals surface area contributed by atoms with Crippen molar-refractivity contribution in [2.24, 2.45) is 0 Å². The lowest BCUT2D eigenvalue weighted by atomic mass is 10.1. The average Bonchev–Trinajstić information content (AvgIpc) is 3.37. The highest BCUT2D eigenvalue weighted by molar-refractivity contribution is 7.09. The van der Waals surface area contributed by atoms with E-state index in [1.54, 1.807) is 18.3 Å². The lowest BCUT2D eigenvalue weighted by molar-refractivity contribution is 0.448. The molecule has 0 unspecified atom stereocenters. The third-order valence-electron chi connectivity index (χ3n) is 5.27. The van der Waals surface area contributed by atoms with Crippen LogP contribution in [0.3, 0.4) is 0 Å². The molecule has 0 spiro atoms. The SMILES string of the molecule is Cc1nsc(N2CCC(Nc3nc4c(-c5cc(F)c(F)c(F)c5)cccn4n3)CC2)n1. The summed E-state index contributed by atoms with van der Waals surface area (Å²) in [4.78, 5) is 11.2. The summed E-state index contributed by atoms with van der Waals surface area (Å²) in [7, 11) is 0. The van der Waals surface area contributed by atoms with Gasteiger partial charge < -0.3 is 10.2 Å². The molecule has 4 heterocycles. The van der Waals surface area contributed by atoms with Crippen LogP contribution >= 0.6 is 11.5 Å². The molecule has 1 fully saturated rings. The lowest BCUT2D eigenvalue weighted by Gasteiger charge is -2.31. The summed E-state index contributed by atoms with van der Waals surface area (Å²) in [6, 6.07) is 5.47. The Balaban J connectivity index is 1.35. The van der Waals surface area contributed by atoms with Gasteiger partial charge in [0.05, 0.1) is 0 Å². The van der Waals surface area contributed by atoms with Gasteiger partial charge in [0.15, 0.2) is 23.1 Å². The van der Waals surface area contributed by atoms with Gasteiger partial charge in [-0.1, -0.05) is 0 Å². The molecular weight excluding hydrogens is 427 g/mol. The standard InChI is InChI=1S/C20H18F3N7S/c1-11-24-20(31-28-11)29-7-4-13(5-8-29)25-19-26-18-14(3-2-6-30(18)27-19)12-9-15(21)17(23)16(22)10-12/h2-3,6,9-10,13H,4-5,7-8H2,1H3,(H,25,27).